The van der Waals surface area contributed by atoms with Crippen molar-refractivity contribution in [2.75, 3.05) is 6.54 Å². The molecule has 15 heavy (non-hydrogen) atoms. The molecule has 0 spiro atoms. The highest BCUT2D eigenvalue weighted by Crippen LogP contribution is 2.29. The Morgan fingerprint density at radius 1 is 1.60 bits per heavy atom. The minimum absolute atomic E-state index is 0.0509. The summed E-state index contributed by atoms with van der Waals surface area (Å²) in [6.45, 7) is 2.92. The summed E-state index contributed by atoms with van der Waals surface area (Å²) in [7, 11) is 0. The van der Waals surface area contributed by atoms with Crippen LogP contribution in [0.4, 0.5) is 0 Å². The van der Waals surface area contributed by atoms with Gasteiger partial charge in [-0.3, -0.25) is 5.10 Å². The zero-order valence-electron chi connectivity index (χ0n) is 8.20. The van der Waals surface area contributed by atoms with E-state index in [1.807, 2.05) is 12.1 Å². The smallest absolute Gasteiger partial charge is 0.146 e. The number of aromatic nitrogens is 3. The van der Waals surface area contributed by atoms with Crippen LogP contribution in [0.2, 0.25) is 4.34 Å². The molecule has 0 saturated heterocycles. The number of hydrogen-bond donors (Lipinski definition) is 2. The molecule has 2 heterocycles. The average molecular weight is 243 g/mol. The van der Waals surface area contributed by atoms with Crippen LogP contribution in [0.25, 0.3) is 0 Å². The molecule has 1 atom stereocenters. The van der Waals surface area contributed by atoms with Crippen molar-refractivity contribution in [3.8, 4) is 0 Å². The molecule has 2 N–H and O–H groups in total. The maximum atomic E-state index is 5.91. The number of halogens is 1. The number of hydrogen-bond acceptors (Lipinski definition) is 4. The largest absolute Gasteiger partial charge is 0.303 e. The maximum Gasteiger partial charge on any atom is 0.146 e. The Morgan fingerprint density at radius 2 is 2.47 bits per heavy atom. The molecule has 4 nitrogen and oxygen atoms in total. The topological polar surface area (TPSA) is 53.6 Å². The predicted octanol–water partition coefficient (Wildman–Crippen LogP) is 2.22. The quantitative estimate of drug-likeness (QED) is 0.865. The molecule has 0 aliphatic heterocycles. The van der Waals surface area contributed by atoms with E-state index in [-0.39, 0.29) is 6.04 Å². The fourth-order valence-corrected chi connectivity index (χ4v) is 2.51. The summed E-state index contributed by atoms with van der Waals surface area (Å²) in [5, 5.41) is 10.1. The van der Waals surface area contributed by atoms with Gasteiger partial charge in [-0.05, 0) is 18.7 Å². The molecular formula is C9H11ClN4S. The van der Waals surface area contributed by atoms with Crippen LogP contribution >= 0.6 is 22.9 Å². The van der Waals surface area contributed by atoms with Crippen LogP contribution < -0.4 is 5.32 Å². The molecule has 0 aromatic carbocycles. The van der Waals surface area contributed by atoms with Crippen molar-refractivity contribution in [3.05, 3.63) is 33.5 Å². The highest BCUT2D eigenvalue weighted by atomic mass is 35.5. The van der Waals surface area contributed by atoms with E-state index in [4.69, 9.17) is 11.6 Å². The molecule has 0 radical (unpaired) electrons. The Kier molecular flexibility index (Phi) is 3.35. The molecule has 0 aliphatic rings. The third kappa shape index (κ3) is 2.37. The van der Waals surface area contributed by atoms with E-state index < -0.39 is 0 Å². The normalized spacial score (nSPS) is 12.9. The predicted molar refractivity (Wildman–Crippen MR) is 61.2 cm³/mol. The molecule has 1 unspecified atom stereocenters. The van der Waals surface area contributed by atoms with Gasteiger partial charge >= 0.3 is 0 Å². The molecule has 80 valence electrons. The SMILES string of the molecule is CCNC(c1ncn[nH]1)c1ccc(Cl)s1. The van der Waals surface area contributed by atoms with E-state index in [0.717, 1.165) is 21.6 Å². The molecule has 0 amide bonds. The Labute approximate surface area is 96.7 Å². The van der Waals surface area contributed by atoms with E-state index in [1.54, 1.807) is 11.3 Å². The van der Waals surface area contributed by atoms with Gasteiger partial charge in [-0.15, -0.1) is 11.3 Å². The summed E-state index contributed by atoms with van der Waals surface area (Å²) in [5.74, 6) is 0.815. The Bertz CT molecular complexity index is 411. The zero-order valence-corrected chi connectivity index (χ0v) is 9.77. The van der Waals surface area contributed by atoms with Crippen LogP contribution in [0.5, 0.6) is 0 Å². The van der Waals surface area contributed by atoms with Crippen molar-refractivity contribution < 1.29 is 0 Å². The van der Waals surface area contributed by atoms with E-state index in [2.05, 4.69) is 27.4 Å². The van der Waals surface area contributed by atoms with E-state index in [0.29, 0.717) is 0 Å². The minimum atomic E-state index is 0.0509. The lowest BCUT2D eigenvalue weighted by Crippen LogP contribution is -2.22. The van der Waals surface area contributed by atoms with Crippen molar-refractivity contribution >= 4 is 22.9 Å². The highest BCUT2D eigenvalue weighted by Gasteiger charge is 2.17. The Hall–Kier alpha value is -0.910. The summed E-state index contributed by atoms with van der Waals surface area (Å²) in [5.41, 5.74) is 0. The number of rotatable bonds is 4. The van der Waals surface area contributed by atoms with Gasteiger partial charge in [-0.25, -0.2) is 4.98 Å². The first kappa shape index (κ1) is 10.6. The molecule has 2 aromatic rings. The van der Waals surface area contributed by atoms with Crippen LogP contribution in [-0.4, -0.2) is 21.7 Å². The van der Waals surface area contributed by atoms with Crippen LogP contribution in [0.3, 0.4) is 0 Å². The van der Waals surface area contributed by atoms with E-state index in [1.165, 1.54) is 6.33 Å². The van der Waals surface area contributed by atoms with Gasteiger partial charge in [0.2, 0.25) is 0 Å². The number of nitrogens with one attached hydrogen (secondary N) is 2. The van der Waals surface area contributed by atoms with Gasteiger partial charge in [0, 0.05) is 4.88 Å². The summed E-state index contributed by atoms with van der Waals surface area (Å²) >= 11 is 7.46. The molecule has 0 saturated carbocycles. The molecule has 2 aromatic heterocycles. The fraction of sp³-hybridized carbons (Fsp3) is 0.333. The number of H-pyrrole nitrogens is 1. The van der Waals surface area contributed by atoms with Gasteiger partial charge in [-0.2, -0.15) is 5.10 Å². The van der Waals surface area contributed by atoms with Crippen molar-refractivity contribution in [1.29, 1.82) is 0 Å². The van der Waals surface area contributed by atoms with Crippen molar-refractivity contribution in [2.24, 2.45) is 0 Å². The average Bonchev–Trinajstić information content (AvgIpc) is 2.85. The minimum Gasteiger partial charge on any atom is -0.303 e. The summed E-state index contributed by atoms with van der Waals surface area (Å²) in [6.07, 6.45) is 1.51. The molecule has 0 bridgehead atoms. The second-order valence-corrected chi connectivity index (χ2v) is 4.75. The first-order chi connectivity index (χ1) is 7.31. The lowest BCUT2D eigenvalue weighted by Gasteiger charge is -2.12. The second kappa shape index (κ2) is 4.74. The highest BCUT2D eigenvalue weighted by molar-refractivity contribution is 7.16. The van der Waals surface area contributed by atoms with E-state index in [9.17, 15) is 0 Å². The third-order valence-electron chi connectivity index (χ3n) is 1.99. The number of aromatic amines is 1. The molecule has 0 aliphatic carbocycles. The number of thiophene rings is 1. The van der Waals surface area contributed by atoms with Crippen molar-refractivity contribution in [2.45, 2.75) is 13.0 Å². The van der Waals surface area contributed by atoms with E-state index >= 15 is 0 Å². The lowest BCUT2D eigenvalue weighted by atomic mass is 10.2. The maximum absolute atomic E-state index is 5.91. The zero-order chi connectivity index (χ0) is 10.7. The Balaban J connectivity index is 2.27. The van der Waals surface area contributed by atoms with Crippen LogP contribution in [0, 0.1) is 0 Å². The summed E-state index contributed by atoms with van der Waals surface area (Å²) < 4.78 is 0.785. The van der Waals surface area contributed by atoms with Crippen LogP contribution in [0.15, 0.2) is 18.5 Å². The number of nitrogens with zero attached hydrogens (tertiary/aromatic N) is 2. The van der Waals surface area contributed by atoms with Gasteiger partial charge in [0.1, 0.15) is 18.2 Å². The third-order valence-corrected chi connectivity index (χ3v) is 3.29. The van der Waals surface area contributed by atoms with Crippen molar-refractivity contribution in [1.82, 2.24) is 20.5 Å². The standard InChI is InChI=1S/C9H11ClN4S/c1-2-11-8(9-12-5-13-14-9)6-3-4-7(10)15-6/h3-5,8,11H,2H2,1H3,(H,12,13,14). The Morgan fingerprint density at radius 3 is 3.00 bits per heavy atom. The lowest BCUT2D eigenvalue weighted by molar-refractivity contribution is 0.608. The van der Waals surface area contributed by atoms with Gasteiger partial charge < -0.3 is 5.32 Å². The molecule has 2 rings (SSSR count). The van der Waals surface area contributed by atoms with Gasteiger partial charge in [0.05, 0.1) is 4.34 Å². The van der Waals surface area contributed by atoms with Gasteiger partial charge in [0.15, 0.2) is 0 Å². The van der Waals surface area contributed by atoms with Crippen molar-refractivity contribution in [3.63, 3.8) is 0 Å². The summed E-state index contributed by atoms with van der Waals surface area (Å²) in [4.78, 5) is 5.29. The monoisotopic (exact) mass is 242 g/mol. The van der Waals surface area contributed by atoms with Crippen LogP contribution in [0.1, 0.15) is 23.7 Å². The van der Waals surface area contributed by atoms with Crippen LogP contribution in [-0.2, 0) is 0 Å². The molecule has 6 heteroatoms. The first-order valence-electron chi connectivity index (χ1n) is 4.65. The second-order valence-electron chi connectivity index (χ2n) is 3.00. The molecular weight excluding hydrogens is 232 g/mol. The fourth-order valence-electron chi connectivity index (χ4n) is 1.37. The van der Waals surface area contributed by atoms with Gasteiger partial charge in [-0.1, -0.05) is 18.5 Å². The van der Waals surface area contributed by atoms with Gasteiger partial charge in [0.25, 0.3) is 0 Å². The summed E-state index contributed by atoms with van der Waals surface area (Å²) in [6, 6.07) is 3.94. The first-order valence-corrected chi connectivity index (χ1v) is 5.84. The molecule has 0 fully saturated rings.